The van der Waals surface area contributed by atoms with Crippen molar-refractivity contribution in [3.63, 3.8) is 0 Å². The van der Waals surface area contributed by atoms with Gasteiger partial charge in [-0.25, -0.2) is 4.39 Å². The summed E-state index contributed by atoms with van der Waals surface area (Å²) >= 11 is 0. The second kappa shape index (κ2) is 5.75. The first-order valence-corrected chi connectivity index (χ1v) is 5.44. The molecule has 0 saturated carbocycles. The van der Waals surface area contributed by atoms with Crippen molar-refractivity contribution in [3.8, 4) is 0 Å². The topological polar surface area (TPSA) is 26.3 Å². The van der Waals surface area contributed by atoms with Gasteiger partial charge in [-0.2, -0.15) is 0 Å². The average Bonchev–Trinajstić information content (AvgIpc) is 2.23. The number of aryl methyl sites for hydroxylation is 1. The van der Waals surface area contributed by atoms with Crippen LogP contribution in [-0.2, 0) is 16.0 Å². The van der Waals surface area contributed by atoms with Crippen molar-refractivity contribution in [2.24, 2.45) is 0 Å². The molecule has 1 aromatic carbocycles. The quantitative estimate of drug-likeness (QED) is 0.768. The molecule has 0 fully saturated rings. The molecule has 1 atom stereocenters. The molecule has 88 valence electrons. The highest BCUT2D eigenvalue weighted by Crippen LogP contribution is 2.12. The van der Waals surface area contributed by atoms with Crippen LogP contribution in [0.5, 0.6) is 0 Å². The second-order valence-corrected chi connectivity index (χ2v) is 3.81. The third-order valence-corrected chi connectivity index (χ3v) is 2.55. The summed E-state index contributed by atoms with van der Waals surface area (Å²) in [6.07, 6.45) is -0.197. The third kappa shape index (κ3) is 3.42. The Bertz CT molecular complexity index is 374. The fourth-order valence-corrected chi connectivity index (χ4v) is 1.50. The van der Waals surface area contributed by atoms with Gasteiger partial charge in [-0.1, -0.05) is 6.07 Å². The van der Waals surface area contributed by atoms with Gasteiger partial charge < -0.3 is 4.74 Å². The zero-order valence-corrected chi connectivity index (χ0v) is 9.92. The van der Waals surface area contributed by atoms with Crippen molar-refractivity contribution in [2.45, 2.75) is 33.3 Å². The van der Waals surface area contributed by atoms with E-state index in [1.807, 2.05) is 13.8 Å². The number of benzene rings is 1. The van der Waals surface area contributed by atoms with Crippen LogP contribution in [0.2, 0.25) is 0 Å². The minimum atomic E-state index is -0.423. The molecule has 0 aliphatic carbocycles. The number of ether oxygens (including phenoxy) is 1. The maximum absolute atomic E-state index is 13.0. The largest absolute Gasteiger partial charge is 0.371 e. The Morgan fingerprint density at radius 1 is 1.50 bits per heavy atom. The Morgan fingerprint density at radius 2 is 2.19 bits per heavy atom. The molecule has 2 nitrogen and oxygen atoms in total. The zero-order valence-electron chi connectivity index (χ0n) is 9.92. The second-order valence-electron chi connectivity index (χ2n) is 3.81. The fraction of sp³-hybridized carbons (Fsp3) is 0.462. The van der Waals surface area contributed by atoms with Crippen molar-refractivity contribution in [3.05, 3.63) is 35.1 Å². The van der Waals surface area contributed by atoms with Crippen LogP contribution < -0.4 is 0 Å². The monoisotopic (exact) mass is 224 g/mol. The lowest BCUT2D eigenvalue weighted by molar-refractivity contribution is -0.128. The third-order valence-electron chi connectivity index (χ3n) is 2.55. The van der Waals surface area contributed by atoms with Crippen molar-refractivity contribution in [1.29, 1.82) is 0 Å². The summed E-state index contributed by atoms with van der Waals surface area (Å²) in [6, 6.07) is 4.49. The fourth-order valence-electron chi connectivity index (χ4n) is 1.50. The van der Waals surface area contributed by atoms with E-state index in [0.717, 1.165) is 11.1 Å². The lowest BCUT2D eigenvalue weighted by Crippen LogP contribution is -2.22. The van der Waals surface area contributed by atoms with Crippen molar-refractivity contribution in [2.75, 3.05) is 6.61 Å². The molecular weight excluding hydrogens is 207 g/mol. The zero-order chi connectivity index (χ0) is 12.1. The summed E-state index contributed by atoms with van der Waals surface area (Å²) in [5, 5.41) is 0. The van der Waals surface area contributed by atoms with Crippen LogP contribution in [0, 0.1) is 12.7 Å². The number of carbonyl (C=O) groups excluding carboxylic acids is 1. The van der Waals surface area contributed by atoms with E-state index < -0.39 is 6.10 Å². The number of hydrogen-bond donors (Lipinski definition) is 0. The first kappa shape index (κ1) is 12.8. The molecule has 16 heavy (non-hydrogen) atoms. The Kier molecular flexibility index (Phi) is 4.62. The highest BCUT2D eigenvalue weighted by atomic mass is 19.1. The van der Waals surface area contributed by atoms with Gasteiger partial charge in [0.1, 0.15) is 11.9 Å². The highest BCUT2D eigenvalue weighted by Gasteiger charge is 2.14. The normalized spacial score (nSPS) is 12.5. The molecule has 1 aromatic rings. The highest BCUT2D eigenvalue weighted by molar-refractivity contribution is 5.85. The van der Waals surface area contributed by atoms with Gasteiger partial charge in [-0.05, 0) is 44.0 Å². The summed E-state index contributed by atoms with van der Waals surface area (Å²) in [7, 11) is 0. The van der Waals surface area contributed by atoms with Gasteiger partial charge in [0.2, 0.25) is 0 Å². The molecule has 0 aliphatic rings. The van der Waals surface area contributed by atoms with Crippen LogP contribution in [0.4, 0.5) is 4.39 Å². The Labute approximate surface area is 95.4 Å². The molecule has 0 bridgehead atoms. The summed E-state index contributed by atoms with van der Waals surface area (Å²) < 4.78 is 18.2. The molecule has 0 amide bonds. The minimum Gasteiger partial charge on any atom is -0.371 e. The van der Waals surface area contributed by atoms with Crippen molar-refractivity contribution < 1.29 is 13.9 Å². The molecule has 0 heterocycles. The summed E-state index contributed by atoms with van der Waals surface area (Å²) in [4.78, 5) is 11.7. The predicted molar refractivity (Wildman–Crippen MR) is 60.9 cm³/mol. The summed E-state index contributed by atoms with van der Waals surface area (Å²) in [5.41, 5.74) is 1.66. The molecule has 0 N–H and O–H groups in total. The lowest BCUT2D eigenvalue weighted by atomic mass is 10.0. The van der Waals surface area contributed by atoms with Crippen LogP contribution in [0.3, 0.4) is 0 Å². The molecule has 0 saturated heterocycles. The number of Topliss-reactive ketones (excluding diaryl/α,β-unsaturated/α-hetero) is 1. The standard InChI is InChI=1S/C13H17FO2/c1-4-16-10(3)13(15)8-11-7-12(14)6-5-9(11)2/h5-7,10H,4,8H2,1-3H3. The number of hydrogen-bond acceptors (Lipinski definition) is 2. The number of carbonyl (C=O) groups is 1. The van der Waals surface area contributed by atoms with Crippen LogP contribution in [0.1, 0.15) is 25.0 Å². The van der Waals surface area contributed by atoms with Gasteiger partial charge in [0.25, 0.3) is 0 Å². The molecule has 0 spiro atoms. The average molecular weight is 224 g/mol. The number of rotatable bonds is 5. The van der Waals surface area contributed by atoms with E-state index in [2.05, 4.69) is 0 Å². The van der Waals surface area contributed by atoms with Gasteiger partial charge in [-0.3, -0.25) is 4.79 Å². The maximum atomic E-state index is 13.0. The maximum Gasteiger partial charge on any atom is 0.165 e. The Balaban J connectivity index is 2.72. The summed E-state index contributed by atoms with van der Waals surface area (Å²) in [6.45, 7) is 5.94. The molecule has 0 aliphatic heterocycles. The van der Waals surface area contributed by atoms with Gasteiger partial charge in [0.05, 0.1) is 0 Å². The molecule has 0 aromatic heterocycles. The van der Waals surface area contributed by atoms with Crippen LogP contribution in [-0.4, -0.2) is 18.5 Å². The molecule has 1 unspecified atom stereocenters. The van der Waals surface area contributed by atoms with Crippen molar-refractivity contribution >= 4 is 5.78 Å². The van der Waals surface area contributed by atoms with Gasteiger partial charge >= 0.3 is 0 Å². The first-order valence-electron chi connectivity index (χ1n) is 5.44. The van der Waals surface area contributed by atoms with Crippen molar-refractivity contribution in [1.82, 2.24) is 0 Å². The Morgan fingerprint density at radius 3 is 2.81 bits per heavy atom. The first-order chi connectivity index (χ1) is 7.54. The van der Waals surface area contributed by atoms with Gasteiger partial charge in [0.15, 0.2) is 5.78 Å². The predicted octanol–water partition coefficient (Wildman–Crippen LogP) is 2.67. The van der Waals surface area contributed by atoms with Crippen LogP contribution in [0.15, 0.2) is 18.2 Å². The SMILES string of the molecule is CCOC(C)C(=O)Cc1cc(F)ccc1C. The minimum absolute atomic E-state index is 0.0180. The Hall–Kier alpha value is -1.22. The van der Waals surface area contributed by atoms with E-state index in [1.54, 1.807) is 13.0 Å². The van der Waals surface area contributed by atoms with E-state index in [9.17, 15) is 9.18 Å². The number of ketones is 1. The van der Waals surface area contributed by atoms with E-state index in [0.29, 0.717) is 6.61 Å². The lowest BCUT2D eigenvalue weighted by Gasteiger charge is -2.11. The van der Waals surface area contributed by atoms with Gasteiger partial charge in [-0.15, -0.1) is 0 Å². The van der Waals surface area contributed by atoms with E-state index in [-0.39, 0.29) is 18.0 Å². The smallest absolute Gasteiger partial charge is 0.165 e. The van der Waals surface area contributed by atoms with Gasteiger partial charge in [0, 0.05) is 13.0 Å². The summed E-state index contributed by atoms with van der Waals surface area (Å²) in [5.74, 6) is -0.326. The van der Waals surface area contributed by atoms with Crippen LogP contribution in [0.25, 0.3) is 0 Å². The molecule has 0 radical (unpaired) electrons. The van der Waals surface area contributed by atoms with Crippen LogP contribution >= 0.6 is 0 Å². The van der Waals surface area contributed by atoms with E-state index in [4.69, 9.17) is 4.74 Å². The molecule has 3 heteroatoms. The van der Waals surface area contributed by atoms with E-state index in [1.165, 1.54) is 12.1 Å². The molecule has 1 rings (SSSR count). The van der Waals surface area contributed by atoms with E-state index >= 15 is 0 Å². The number of halogens is 1. The molecular formula is C13H17FO2.